The molecular weight excluding hydrogens is 247 g/mol. The molecule has 1 aromatic heterocycles. The van der Waals surface area contributed by atoms with E-state index in [9.17, 15) is 9.18 Å². The zero-order valence-corrected chi connectivity index (χ0v) is 10.1. The first-order valence-corrected chi connectivity index (χ1v) is 5.82. The van der Waals surface area contributed by atoms with E-state index in [1.54, 1.807) is 12.1 Å². The fourth-order valence-electron chi connectivity index (χ4n) is 1.60. The number of anilines is 1. The summed E-state index contributed by atoms with van der Waals surface area (Å²) in [7, 11) is 0. The van der Waals surface area contributed by atoms with Crippen molar-refractivity contribution in [3.8, 4) is 0 Å². The molecule has 0 radical (unpaired) electrons. The van der Waals surface area contributed by atoms with Crippen molar-refractivity contribution < 1.29 is 14.3 Å². The molecular formula is C14H13FN2O2. The third-order valence-electron chi connectivity index (χ3n) is 2.60. The van der Waals surface area contributed by atoms with Crippen molar-refractivity contribution in [1.82, 2.24) is 4.98 Å². The number of carbonyl (C=O) groups is 1. The van der Waals surface area contributed by atoms with Crippen LogP contribution in [0.25, 0.3) is 0 Å². The number of rotatable bonds is 4. The number of aromatic nitrogens is 1. The van der Waals surface area contributed by atoms with Crippen molar-refractivity contribution in [2.45, 2.75) is 6.42 Å². The maximum atomic E-state index is 12.6. The van der Waals surface area contributed by atoms with Crippen LogP contribution in [0, 0.1) is 5.95 Å². The number of hydrogen-bond acceptors (Lipinski definition) is 3. The lowest BCUT2D eigenvalue weighted by Crippen LogP contribution is -2.12. The van der Waals surface area contributed by atoms with Gasteiger partial charge in [-0.1, -0.05) is 12.1 Å². The van der Waals surface area contributed by atoms with Gasteiger partial charge in [0.1, 0.15) is 0 Å². The predicted octanol–water partition coefficient (Wildman–Crippen LogP) is 2.01. The van der Waals surface area contributed by atoms with Gasteiger partial charge >= 0.3 is 0 Å². The van der Waals surface area contributed by atoms with Gasteiger partial charge in [-0.05, 0) is 36.2 Å². The molecule has 0 saturated carbocycles. The Morgan fingerprint density at radius 2 is 1.95 bits per heavy atom. The van der Waals surface area contributed by atoms with Gasteiger partial charge in [-0.25, -0.2) is 4.98 Å². The van der Waals surface area contributed by atoms with Crippen molar-refractivity contribution >= 4 is 11.6 Å². The minimum absolute atomic E-state index is 0.0902. The first-order valence-electron chi connectivity index (χ1n) is 5.82. The molecule has 0 spiro atoms. The van der Waals surface area contributed by atoms with Gasteiger partial charge in [0.25, 0.3) is 5.91 Å². The standard InChI is InChI=1S/C14H13FN2O2/c15-13-6-3-11(9-16-13)14(19)17-12-4-1-10(2-5-12)7-8-18/h1-6,9,18H,7-8H2,(H,17,19). The molecule has 1 heterocycles. The largest absolute Gasteiger partial charge is 0.396 e. The van der Waals surface area contributed by atoms with Crippen molar-refractivity contribution in [2.24, 2.45) is 0 Å². The summed E-state index contributed by atoms with van der Waals surface area (Å²) in [6.07, 6.45) is 1.76. The summed E-state index contributed by atoms with van der Waals surface area (Å²) in [5, 5.41) is 11.5. The zero-order valence-electron chi connectivity index (χ0n) is 10.1. The number of nitrogens with one attached hydrogen (secondary N) is 1. The van der Waals surface area contributed by atoms with Gasteiger partial charge in [-0.15, -0.1) is 0 Å². The van der Waals surface area contributed by atoms with E-state index in [4.69, 9.17) is 5.11 Å². The second kappa shape index (κ2) is 6.06. The Morgan fingerprint density at radius 3 is 2.53 bits per heavy atom. The summed E-state index contributed by atoms with van der Waals surface area (Å²) >= 11 is 0. The molecule has 0 aliphatic carbocycles. The van der Waals surface area contributed by atoms with Crippen LogP contribution in [-0.4, -0.2) is 22.6 Å². The number of aliphatic hydroxyl groups excluding tert-OH is 1. The van der Waals surface area contributed by atoms with Crippen molar-refractivity contribution in [3.63, 3.8) is 0 Å². The van der Waals surface area contributed by atoms with Crippen molar-refractivity contribution in [3.05, 3.63) is 59.7 Å². The summed E-state index contributed by atoms with van der Waals surface area (Å²) in [4.78, 5) is 15.2. The highest BCUT2D eigenvalue weighted by atomic mass is 19.1. The SMILES string of the molecule is O=C(Nc1ccc(CCO)cc1)c1ccc(F)nc1. The van der Waals surface area contributed by atoms with Gasteiger partial charge in [0.05, 0.1) is 5.56 Å². The van der Waals surface area contributed by atoms with Crippen LogP contribution in [0.15, 0.2) is 42.6 Å². The van der Waals surface area contributed by atoms with Gasteiger partial charge in [0, 0.05) is 18.5 Å². The van der Waals surface area contributed by atoms with Crippen LogP contribution in [0.3, 0.4) is 0 Å². The summed E-state index contributed by atoms with van der Waals surface area (Å²) in [6.45, 7) is 0.0902. The van der Waals surface area contributed by atoms with Crippen LogP contribution < -0.4 is 5.32 Å². The number of nitrogens with zero attached hydrogens (tertiary/aromatic N) is 1. The van der Waals surface area contributed by atoms with Gasteiger partial charge in [-0.3, -0.25) is 4.79 Å². The van der Waals surface area contributed by atoms with Crippen molar-refractivity contribution in [2.75, 3.05) is 11.9 Å². The molecule has 0 atom stereocenters. The lowest BCUT2D eigenvalue weighted by molar-refractivity contribution is 0.102. The third kappa shape index (κ3) is 3.59. The fourth-order valence-corrected chi connectivity index (χ4v) is 1.60. The zero-order chi connectivity index (χ0) is 13.7. The second-order valence-electron chi connectivity index (χ2n) is 3.99. The van der Waals surface area contributed by atoms with E-state index in [2.05, 4.69) is 10.3 Å². The molecule has 2 rings (SSSR count). The third-order valence-corrected chi connectivity index (χ3v) is 2.60. The predicted molar refractivity (Wildman–Crippen MR) is 69.4 cm³/mol. The smallest absolute Gasteiger partial charge is 0.257 e. The Labute approximate surface area is 109 Å². The molecule has 0 unspecified atom stereocenters. The van der Waals surface area contributed by atoms with Crippen LogP contribution in [0.5, 0.6) is 0 Å². The number of hydrogen-bond donors (Lipinski definition) is 2. The molecule has 2 N–H and O–H groups in total. The van der Waals surface area contributed by atoms with Crippen LogP contribution >= 0.6 is 0 Å². The molecule has 0 saturated heterocycles. The number of pyridine rings is 1. The quantitative estimate of drug-likeness (QED) is 0.827. The van der Waals surface area contributed by atoms with Crippen LogP contribution in [0.2, 0.25) is 0 Å². The molecule has 0 bridgehead atoms. The van der Waals surface area contributed by atoms with Gasteiger partial charge in [0.15, 0.2) is 0 Å². The van der Waals surface area contributed by atoms with Gasteiger partial charge in [0.2, 0.25) is 5.95 Å². The second-order valence-corrected chi connectivity index (χ2v) is 3.99. The normalized spacial score (nSPS) is 10.2. The average Bonchev–Trinajstić information content (AvgIpc) is 2.42. The molecule has 1 aromatic carbocycles. The fraction of sp³-hybridized carbons (Fsp3) is 0.143. The Kier molecular flexibility index (Phi) is 4.20. The van der Waals surface area contributed by atoms with E-state index in [1.807, 2.05) is 12.1 Å². The van der Waals surface area contributed by atoms with E-state index in [-0.39, 0.29) is 12.5 Å². The highest BCUT2D eigenvalue weighted by Crippen LogP contribution is 2.11. The molecule has 0 fully saturated rings. The lowest BCUT2D eigenvalue weighted by Gasteiger charge is -2.06. The highest BCUT2D eigenvalue weighted by molar-refractivity contribution is 6.03. The van der Waals surface area contributed by atoms with Crippen LogP contribution in [-0.2, 0) is 6.42 Å². The summed E-state index contributed by atoms with van der Waals surface area (Å²) < 4.78 is 12.6. The number of halogens is 1. The van der Waals surface area contributed by atoms with E-state index < -0.39 is 5.95 Å². The minimum atomic E-state index is -0.620. The molecule has 98 valence electrons. The Hall–Kier alpha value is -2.27. The molecule has 4 nitrogen and oxygen atoms in total. The highest BCUT2D eigenvalue weighted by Gasteiger charge is 2.06. The Bertz CT molecular complexity index is 553. The number of benzene rings is 1. The number of aliphatic hydroxyl groups is 1. The van der Waals surface area contributed by atoms with Gasteiger partial charge in [-0.2, -0.15) is 4.39 Å². The average molecular weight is 260 g/mol. The number of amides is 1. The minimum Gasteiger partial charge on any atom is -0.396 e. The van der Waals surface area contributed by atoms with Crippen LogP contribution in [0.1, 0.15) is 15.9 Å². The number of carbonyl (C=O) groups excluding carboxylic acids is 1. The Balaban J connectivity index is 2.04. The first kappa shape index (κ1) is 13.2. The van der Waals surface area contributed by atoms with E-state index in [0.717, 1.165) is 11.6 Å². The summed E-state index contributed by atoms with van der Waals surface area (Å²) in [6, 6.07) is 9.67. The molecule has 0 aliphatic rings. The van der Waals surface area contributed by atoms with Crippen LogP contribution in [0.4, 0.5) is 10.1 Å². The summed E-state index contributed by atoms with van der Waals surface area (Å²) in [5.74, 6) is -0.965. The van der Waals surface area contributed by atoms with E-state index in [1.165, 1.54) is 12.3 Å². The monoisotopic (exact) mass is 260 g/mol. The molecule has 0 aliphatic heterocycles. The van der Waals surface area contributed by atoms with E-state index in [0.29, 0.717) is 17.7 Å². The van der Waals surface area contributed by atoms with Gasteiger partial charge < -0.3 is 10.4 Å². The molecule has 19 heavy (non-hydrogen) atoms. The maximum Gasteiger partial charge on any atom is 0.257 e. The lowest BCUT2D eigenvalue weighted by atomic mass is 10.1. The molecule has 1 amide bonds. The topological polar surface area (TPSA) is 62.2 Å². The Morgan fingerprint density at radius 1 is 1.21 bits per heavy atom. The maximum absolute atomic E-state index is 12.6. The molecule has 5 heteroatoms. The van der Waals surface area contributed by atoms with E-state index >= 15 is 0 Å². The summed E-state index contributed by atoms with van der Waals surface area (Å²) in [5.41, 5.74) is 1.92. The van der Waals surface area contributed by atoms with Crippen molar-refractivity contribution in [1.29, 1.82) is 0 Å². The molecule has 2 aromatic rings. The first-order chi connectivity index (χ1) is 9.19.